The van der Waals surface area contributed by atoms with Gasteiger partial charge in [0.2, 0.25) is 0 Å². The maximum Gasteiger partial charge on any atom is 0.125 e. The zero-order valence-electron chi connectivity index (χ0n) is 11.6. The third-order valence-corrected chi connectivity index (χ3v) is 4.15. The lowest BCUT2D eigenvalue weighted by atomic mass is 10.1. The van der Waals surface area contributed by atoms with Crippen LogP contribution in [0.1, 0.15) is 31.7 Å². The van der Waals surface area contributed by atoms with Crippen molar-refractivity contribution in [1.82, 2.24) is 9.47 Å². The van der Waals surface area contributed by atoms with Crippen LogP contribution in [0.5, 0.6) is 5.75 Å². The molecule has 2 heterocycles. The predicted molar refractivity (Wildman–Crippen MR) is 78.4 cm³/mol. The van der Waals surface area contributed by atoms with Crippen molar-refractivity contribution in [3.63, 3.8) is 0 Å². The summed E-state index contributed by atoms with van der Waals surface area (Å²) >= 11 is 0. The molecule has 0 radical (unpaired) electrons. The summed E-state index contributed by atoms with van der Waals surface area (Å²) in [7, 11) is 0. The molecule has 0 unspecified atom stereocenters. The van der Waals surface area contributed by atoms with Crippen LogP contribution in [0.15, 0.2) is 24.4 Å². The Morgan fingerprint density at radius 1 is 1.16 bits per heavy atom. The van der Waals surface area contributed by atoms with Crippen LogP contribution in [-0.4, -0.2) is 27.7 Å². The van der Waals surface area contributed by atoms with Crippen molar-refractivity contribution < 1.29 is 5.11 Å². The highest BCUT2D eigenvalue weighted by Crippen LogP contribution is 2.31. The lowest BCUT2D eigenvalue weighted by Crippen LogP contribution is -2.28. The van der Waals surface area contributed by atoms with Gasteiger partial charge in [-0.3, -0.25) is 4.90 Å². The van der Waals surface area contributed by atoms with E-state index in [0.717, 1.165) is 24.0 Å². The second-order valence-corrected chi connectivity index (χ2v) is 5.45. The smallest absolute Gasteiger partial charge is 0.125 e. The first-order valence-electron chi connectivity index (χ1n) is 7.31. The molecule has 3 rings (SSSR count). The van der Waals surface area contributed by atoms with Crippen molar-refractivity contribution in [1.29, 1.82) is 0 Å². The van der Waals surface area contributed by atoms with Crippen LogP contribution in [0.3, 0.4) is 0 Å². The molecule has 1 aromatic heterocycles. The molecule has 102 valence electrons. The normalized spacial score (nSPS) is 17.1. The lowest BCUT2D eigenvalue weighted by Gasteiger charge is -2.26. The van der Waals surface area contributed by atoms with Gasteiger partial charge in [0.25, 0.3) is 0 Å². The summed E-state index contributed by atoms with van der Waals surface area (Å²) in [5.41, 5.74) is 2.41. The third-order valence-electron chi connectivity index (χ3n) is 4.15. The monoisotopic (exact) mass is 258 g/mol. The maximum absolute atomic E-state index is 10.2. The van der Waals surface area contributed by atoms with Gasteiger partial charge in [-0.25, -0.2) is 0 Å². The van der Waals surface area contributed by atoms with Crippen molar-refractivity contribution in [3.05, 3.63) is 30.0 Å². The van der Waals surface area contributed by atoms with Crippen LogP contribution in [-0.2, 0) is 13.1 Å². The van der Waals surface area contributed by atoms with Gasteiger partial charge in [0.1, 0.15) is 5.75 Å². The van der Waals surface area contributed by atoms with E-state index in [1.807, 2.05) is 6.07 Å². The molecule has 1 aromatic carbocycles. The Hall–Kier alpha value is -1.48. The fourth-order valence-corrected chi connectivity index (χ4v) is 3.16. The number of aromatic nitrogens is 1. The van der Waals surface area contributed by atoms with Gasteiger partial charge in [-0.1, -0.05) is 12.5 Å². The Morgan fingerprint density at radius 3 is 2.68 bits per heavy atom. The molecule has 0 aliphatic carbocycles. The Labute approximate surface area is 114 Å². The predicted octanol–water partition coefficient (Wildman–Crippen LogP) is 3.35. The van der Waals surface area contributed by atoms with Crippen molar-refractivity contribution >= 4 is 10.9 Å². The van der Waals surface area contributed by atoms with E-state index in [1.165, 1.54) is 37.9 Å². The first-order chi connectivity index (χ1) is 9.29. The number of phenolic OH excluding ortho intramolecular Hbond substituents is 1. The van der Waals surface area contributed by atoms with Crippen LogP contribution in [0.25, 0.3) is 10.9 Å². The van der Waals surface area contributed by atoms with Crippen molar-refractivity contribution in [3.8, 4) is 5.75 Å². The minimum atomic E-state index is 0.414. The fraction of sp³-hybridized carbons (Fsp3) is 0.500. The number of phenols is 1. The fourth-order valence-electron chi connectivity index (χ4n) is 3.16. The Bertz CT molecular complexity index is 567. The van der Waals surface area contributed by atoms with Crippen LogP contribution in [0.2, 0.25) is 0 Å². The first kappa shape index (κ1) is 12.5. The molecule has 0 saturated carbocycles. The van der Waals surface area contributed by atoms with E-state index in [2.05, 4.69) is 28.7 Å². The summed E-state index contributed by atoms with van der Waals surface area (Å²) in [4.78, 5) is 2.50. The van der Waals surface area contributed by atoms with Gasteiger partial charge >= 0.3 is 0 Å². The molecule has 1 saturated heterocycles. The van der Waals surface area contributed by atoms with Crippen molar-refractivity contribution in [2.75, 3.05) is 13.1 Å². The summed E-state index contributed by atoms with van der Waals surface area (Å²) in [6.07, 6.45) is 6.17. The molecule has 0 bridgehead atoms. The Morgan fingerprint density at radius 2 is 1.95 bits per heavy atom. The third kappa shape index (κ3) is 2.35. The summed E-state index contributed by atoms with van der Waals surface area (Å²) in [5.74, 6) is 0.414. The topological polar surface area (TPSA) is 28.4 Å². The second-order valence-electron chi connectivity index (χ2n) is 5.45. The number of hydrogen-bond donors (Lipinski definition) is 1. The summed E-state index contributed by atoms with van der Waals surface area (Å²) in [6.45, 7) is 6.42. The van der Waals surface area contributed by atoms with Crippen LogP contribution < -0.4 is 0 Å². The highest BCUT2D eigenvalue weighted by atomic mass is 16.3. The van der Waals surface area contributed by atoms with E-state index < -0.39 is 0 Å². The molecule has 1 aliphatic rings. The molecule has 2 aromatic rings. The minimum Gasteiger partial charge on any atom is -0.507 e. The van der Waals surface area contributed by atoms with E-state index in [9.17, 15) is 5.11 Å². The van der Waals surface area contributed by atoms with Gasteiger partial charge in [0.15, 0.2) is 0 Å². The standard InChI is InChI=1S/C16H22N2O/c1-2-18-12-13(11-17-9-4-3-5-10-17)16-14(18)7-6-8-15(16)19/h6-8,12,19H,2-5,9-11H2,1H3. The highest BCUT2D eigenvalue weighted by molar-refractivity contribution is 5.89. The lowest BCUT2D eigenvalue weighted by molar-refractivity contribution is 0.221. The number of aromatic hydroxyl groups is 1. The van der Waals surface area contributed by atoms with Crippen LogP contribution in [0.4, 0.5) is 0 Å². The van der Waals surface area contributed by atoms with E-state index in [4.69, 9.17) is 0 Å². The van der Waals surface area contributed by atoms with E-state index in [1.54, 1.807) is 6.07 Å². The Balaban J connectivity index is 1.98. The number of likely N-dealkylation sites (tertiary alicyclic amines) is 1. The van der Waals surface area contributed by atoms with Gasteiger partial charge in [0, 0.05) is 24.7 Å². The van der Waals surface area contributed by atoms with E-state index in [0.29, 0.717) is 5.75 Å². The number of fused-ring (bicyclic) bond motifs is 1. The zero-order chi connectivity index (χ0) is 13.2. The average Bonchev–Trinajstić information content (AvgIpc) is 2.79. The first-order valence-corrected chi connectivity index (χ1v) is 7.31. The van der Waals surface area contributed by atoms with Gasteiger partial charge in [-0.15, -0.1) is 0 Å². The second kappa shape index (κ2) is 5.25. The quantitative estimate of drug-likeness (QED) is 0.914. The molecule has 3 nitrogen and oxygen atoms in total. The number of aryl methyl sites for hydroxylation is 1. The van der Waals surface area contributed by atoms with Gasteiger partial charge < -0.3 is 9.67 Å². The molecule has 19 heavy (non-hydrogen) atoms. The van der Waals surface area contributed by atoms with E-state index in [-0.39, 0.29) is 0 Å². The number of piperidine rings is 1. The van der Waals surface area contributed by atoms with Crippen molar-refractivity contribution in [2.24, 2.45) is 0 Å². The van der Waals surface area contributed by atoms with Crippen LogP contribution >= 0.6 is 0 Å². The molecule has 0 atom stereocenters. The molecule has 0 spiro atoms. The highest BCUT2D eigenvalue weighted by Gasteiger charge is 2.16. The SMILES string of the molecule is CCn1cc(CN2CCCCC2)c2c(O)cccc21. The summed E-state index contributed by atoms with van der Waals surface area (Å²) in [5, 5.41) is 11.2. The Kier molecular flexibility index (Phi) is 3.47. The molecule has 3 heteroatoms. The molecule has 1 aliphatic heterocycles. The molecular weight excluding hydrogens is 236 g/mol. The molecule has 1 N–H and O–H groups in total. The molecular formula is C16H22N2O. The number of benzene rings is 1. The van der Waals surface area contributed by atoms with Crippen LogP contribution in [0, 0.1) is 0 Å². The average molecular weight is 258 g/mol. The zero-order valence-corrected chi connectivity index (χ0v) is 11.6. The van der Waals surface area contributed by atoms with Crippen molar-refractivity contribution in [2.45, 2.75) is 39.3 Å². The number of nitrogens with zero attached hydrogens (tertiary/aromatic N) is 2. The maximum atomic E-state index is 10.2. The summed E-state index contributed by atoms with van der Waals surface area (Å²) < 4.78 is 2.23. The van der Waals surface area contributed by atoms with Gasteiger partial charge in [-0.2, -0.15) is 0 Å². The van der Waals surface area contributed by atoms with E-state index >= 15 is 0 Å². The minimum absolute atomic E-state index is 0.414. The summed E-state index contributed by atoms with van der Waals surface area (Å²) in [6, 6.07) is 5.81. The number of hydrogen-bond acceptors (Lipinski definition) is 2. The number of rotatable bonds is 3. The largest absolute Gasteiger partial charge is 0.507 e. The van der Waals surface area contributed by atoms with Gasteiger partial charge in [0.05, 0.1) is 5.52 Å². The molecule has 1 fully saturated rings. The van der Waals surface area contributed by atoms with Gasteiger partial charge in [-0.05, 0) is 50.6 Å². The molecule has 0 amide bonds.